The fourth-order valence-electron chi connectivity index (χ4n) is 2.42. The van der Waals surface area contributed by atoms with Crippen LogP contribution in [0.5, 0.6) is 0 Å². The minimum Gasteiger partial charge on any atom is -0.510 e. The lowest BCUT2D eigenvalue weighted by Crippen LogP contribution is -2.28. The molecule has 0 spiro atoms. The van der Waals surface area contributed by atoms with E-state index >= 15 is 0 Å². The minimum atomic E-state index is -5.15. The predicted octanol–water partition coefficient (Wildman–Crippen LogP) is 4.71. The molecule has 1 aliphatic heterocycles. The van der Waals surface area contributed by atoms with Crippen molar-refractivity contribution < 1.29 is 27.9 Å². The van der Waals surface area contributed by atoms with E-state index in [1.54, 1.807) is 0 Å². The Hall–Kier alpha value is -0.980. The van der Waals surface area contributed by atoms with Gasteiger partial charge < -0.3 is 5.11 Å². The summed E-state index contributed by atoms with van der Waals surface area (Å²) in [5.74, 6) is -2.98. The number of aliphatic hydroxyl groups is 1. The van der Waals surface area contributed by atoms with Crippen LogP contribution in [0.15, 0.2) is 11.3 Å². The van der Waals surface area contributed by atoms with Crippen LogP contribution in [0, 0.1) is 0 Å². The first-order chi connectivity index (χ1) is 10.1. The lowest BCUT2D eigenvalue weighted by molar-refractivity contribution is -0.167. The number of hydrogen-bond donors (Lipinski definition) is 1. The summed E-state index contributed by atoms with van der Waals surface area (Å²) < 4.78 is 36.3. The van der Waals surface area contributed by atoms with Gasteiger partial charge in [-0.25, -0.2) is 0 Å². The van der Waals surface area contributed by atoms with E-state index in [0.717, 1.165) is 32.1 Å². The van der Waals surface area contributed by atoms with Crippen LogP contribution < -0.4 is 0 Å². The summed E-state index contributed by atoms with van der Waals surface area (Å²) in [6.07, 6.45) is 1.17. The number of carbonyl (C=O) groups excluding carboxylic acids is 2. The summed E-state index contributed by atoms with van der Waals surface area (Å²) in [4.78, 5) is 22.9. The number of hydrogen-bond acceptors (Lipinski definition) is 4. The van der Waals surface area contributed by atoms with Crippen molar-refractivity contribution in [2.24, 2.45) is 0 Å². The molecule has 1 atom stereocenters. The third-order valence-electron chi connectivity index (χ3n) is 3.75. The van der Waals surface area contributed by atoms with E-state index in [9.17, 15) is 27.9 Å². The molecule has 0 aromatic heterocycles. The zero-order valence-electron chi connectivity index (χ0n) is 12.8. The molecule has 126 valence electrons. The van der Waals surface area contributed by atoms with Crippen molar-refractivity contribution in [1.29, 1.82) is 0 Å². The SMILES string of the molecule is CCCCCCCC[C@@]1(C)SC(=O)C(C(=O)C(F)(F)F)=C1O. The van der Waals surface area contributed by atoms with Crippen molar-refractivity contribution in [3.05, 3.63) is 11.3 Å². The van der Waals surface area contributed by atoms with Gasteiger partial charge in [-0.05, 0) is 13.3 Å². The van der Waals surface area contributed by atoms with E-state index < -0.39 is 33.2 Å². The fraction of sp³-hybridized carbons (Fsp3) is 0.733. The molecule has 0 amide bonds. The maximum absolute atomic E-state index is 12.5. The molecule has 0 unspecified atom stereocenters. The Kier molecular flexibility index (Phi) is 6.52. The monoisotopic (exact) mass is 338 g/mol. The van der Waals surface area contributed by atoms with Crippen LogP contribution in [-0.4, -0.2) is 26.9 Å². The standard InChI is InChI=1S/C15H21F3O3S/c1-3-4-5-6-7-8-9-14(2)11(19)10(13(21)22-14)12(20)15(16,17)18/h19H,3-9H2,1-2H3/t14-/m1/s1. The smallest absolute Gasteiger partial charge is 0.455 e. The second-order valence-electron chi connectivity index (χ2n) is 5.69. The molecule has 1 N–H and O–H groups in total. The van der Waals surface area contributed by atoms with Gasteiger partial charge in [0, 0.05) is 0 Å². The second kappa shape index (κ2) is 7.53. The number of alkyl halides is 3. The number of carbonyl (C=O) groups is 2. The van der Waals surface area contributed by atoms with Crippen molar-refractivity contribution in [2.75, 3.05) is 0 Å². The Balaban J connectivity index is 2.70. The van der Waals surface area contributed by atoms with Gasteiger partial charge in [-0.15, -0.1) is 0 Å². The van der Waals surface area contributed by atoms with Gasteiger partial charge >= 0.3 is 6.18 Å². The molecule has 1 aliphatic rings. The third kappa shape index (κ3) is 4.51. The van der Waals surface area contributed by atoms with E-state index in [0.29, 0.717) is 24.6 Å². The van der Waals surface area contributed by atoms with Gasteiger partial charge in [0.2, 0.25) is 5.12 Å². The minimum absolute atomic E-state index is 0.371. The number of rotatable bonds is 8. The number of halogens is 3. The largest absolute Gasteiger partial charge is 0.510 e. The molecule has 1 rings (SSSR count). The zero-order chi connectivity index (χ0) is 17.0. The Morgan fingerprint density at radius 1 is 1.18 bits per heavy atom. The van der Waals surface area contributed by atoms with Gasteiger partial charge in [-0.2, -0.15) is 13.2 Å². The molecule has 0 radical (unpaired) electrons. The molecule has 1 heterocycles. The summed E-state index contributed by atoms with van der Waals surface area (Å²) in [6.45, 7) is 3.61. The maximum Gasteiger partial charge on any atom is 0.455 e. The molecule has 3 nitrogen and oxygen atoms in total. The van der Waals surface area contributed by atoms with Crippen molar-refractivity contribution in [2.45, 2.75) is 69.7 Å². The summed E-state index contributed by atoms with van der Waals surface area (Å²) in [7, 11) is 0. The van der Waals surface area contributed by atoms with Crippen molar-refractivity contribution in [3.8, 4) is 0 Å². The van der Waals surface area contributed by atoms with E-state index in [2.05, 4.69) is 6.92 Å². The number of ketones is 1. The van der Waals surface area contributed by atoms with Crippen LogP contribution in [-0.2, 0) is 9.59 Å². The van der Waals surface area contributed by atoms with Crippen LogP contribution in [0.3, 0.4) is 0 Å². The summed E-state index contributed by atoms with van der Waals surface area (Å²) in [5, 5.41) is 8.98. The Labute approximate surface area is 132 Å². The molecular formula is C15H21F3O3S. The van der Waals surface area contributed by atoms with Gasteiger partial charge in [0.25, 0.3) is 5.78 Å². The van der Waals surface area contributed by atoms with Crippen LogP contribution in [0.4, 0.5) is 13.2 Å². The summed E-state index contributed by atoms with van der Waals surface area (Å²) in [6, 6.07) is 0. The van der Waals surface area contributed by atoms with Crippen LogP contribution in [0.25, 0.3) is 0 Å². The fourth-order valence-corrected chi connectivity index (χ4v) is 3.56. The Morgan fingerprint density at radius 3 is 2.27 bits per heavy atom. The van der Waals surface area contributed by atoms with Crippen molar-refractivity contribution in [3.63, 3.8) is 0 Å². The van der Waals surface area contributed by atoms with Gasteiger partial charge in [0.1, 0.15) is 11.3 Å². The number of Topliss-reactive ketones (excluding diaryl/α,β-unsaturated/α-hetero) is 1. The molecule has 22 heavy (non-hydrogen) atoms. The molecular weight excluding hydrogens is 317 g/mol. The van der Waals surface area contributed by atoms with E-state index in [1.807, 2.05) is 0 Å². The van der Waals surface area contributed by atoms with Crippen molar-refractivity contribution >= 4 is 22.7 Å². The van der Waals surface area contributed by atoms with E-state index in [-0.39, 0.29) is 0 Å². The average molecular weight is 338 g/mol. The highest BCUT2D eigenvalue weighted by molar-refractivity contribution is 8.16. The first kappa shape index (κ1) is 19.1. The molecule has 0 saturated heterocycles. The first-order valence-electron chi connectivity index (χ1n) is 7.42. The lowest BCUT2D eigenvalue weighted by atomic mass is 9.95. The van der Waals surface area contributed by atoms with Crippen LogP contribution in [0.2, 0.25) is 0 Å². The van der Waals surface area contributed by atoms with Gasteiger partial charge in [0.15, 0.2) is 0 Å². The topological polar surface area (TPSA) is 54.4 Å². The maximum atomic E-state index is 12.5. The second-order valence-corrected chi connectivity index (χ2v) is 7.16. The van der Waals surface area contributed by atoms with Crippen LogP contribution >= 0.6 is 11.8 Å². The molecule has 0 aromatic rings. The normalized spacial score (nSPS) is 22.5. The highest BCUT2D eigenvalue weighted by Gasteiger charge is 2.52. The predicted molar refractivity (Wildman–Crippen MR) is 79.7 cm³/mol. The zero-order valence-corrected chi connectivity index (χ0v) is 13.6. The first-order valence-corrected chi connectivity index (χ1v) is 8.23. The highest BCUT2D eigenvalue weighted by Crippen LogP contribution is 2.47. The van der Waals surface area contributed by atoms with Gasteiger partial charge in [-0.3, -0.25) is 9.59 Å². The van der Waals surface area contributed by atoms with E-state index in [1.165, 1.54) is 6.92 Å². The van der Waals surface area contributed by atoms with Crippen molar-refractivity contribution in [1.82, 2.24) is 0 Å². The Morgan fingerprint density at radius 2 is 1.73 bits per heavy atom. The van der Waals surface area contributed by atoms with Gasteiger partial charge in [-0.1, -0.05) is 57.2 Å². The third-order valence-corrected chi connectivity index (χ3v) is 4.99. The lowest BCUT2D eigenvalue weighted by Gasteiger charge is -2.22. The summed E-state index contributed by atoms with van der Waals surface area (Å²) >= 11 is 0.613. The molecule has 0 bridgehead atoms. The Bertz CT molecular complexity index is 471. The molecule has 0 saturated carbocycles. The number of thioether (sulfide) groups is 1. The molecule has 7 heteroatoms. The highest BCUT2D eigenvalue weighted by atomic mass is 32.2. The average Bonchev–Trinajstić information content (AvgIpc) is 2.63. The molecule has 0 aromatic carbocycles. The molecule has 0 aliphatic carbocycles. The quantitative estimate of drug-likeness (QED) is 0.514. The van der Waals surface area contributed by atoms with E-state index in [4.69, 9.17) is 0 Å². The van der Waals surface area contributed by atoms with Gasteiger partial charge in [0.05, 0.1) is 4.75 Å². The van der Waals surface area contributed by atoms with Crippen LogP contribution in [0.1, 0.15) is 58.8 Å². The summed E-state index contributed by atoms with van der Waals surface area (Å²) in [5.41, 5.74) is -1.11. The number of unbranched alkanes of at least 4 members (excludes halogenated alkanes) is 5. The molecule has 0 fully saturated rings. The number of aliphatic hydroxyl groups excluding tert-OH is 1.